The number of rotatable bonds is 6. The molecule has 1 aromatic heterocycles. The Hall–Kier alpha value is -2.45. The Labute approximate surface area is 174 Å². The van der Waals surface area contributed by atoms with Crippen LogP contribution in [0, 0.1) is 5.82 Å². The highest BCUT2D eigenvalue weighted by atomic mass is 35.5. The predicted octanol–water partition coefficient (Wildman–Crippen LogP) is 1.43. The molecule has 0 atom stereocenters. The number of carbonyl (C=O) groups excluding carboxylic acids is 1. The largest absolute Gasteiger partial charge is 0.355 e. The molecule has 0 amide bonds. The summed E-state index contributed by atoms with van der Waals surface area (Å²) >= 11 is 0. The van der Waals surface area contributed by atoms with E-state index in [0.717, 1.165) is 30.6 Å². The van der Waals surface area contributed by atoms with Crippen LogP contribution in [0.5, 0.6) is 0 Å². The van der Waals surface area contributed by atoms with Crippen LogP contribution in [0.15, 0.2) is 39.9 Å². The number of anilines is 1. The van der Waals surface area contributed by atoms with Gasteiger partial charge >= 0.3 is 5.69 Å². The molecule has 0 unspecified atom stereocenters. The molecule has 0 bridgehead atoms. The van der Waals surface area contributed by atoms with Crippen molar-refractivity contribution in [1.82, 2.24) is 14.0 Å². The molecule has 1 saturated heterocycles. The summed E-state index contributed by atoms with van der Waals surface area (Å²) in [5.74, 6) is 0.316. The summed E-state index contributed by atoms with van der Waals surface area (Å²) in [4.78, 5) is 40.5. The van der Waals surface area contributed by atoms with Crippen LogP contribution in [0.3, 0.4) is 0 Å². The monoisotopic (exact) mass is 424 g/mol. The Kier molecular flexibility index (Phi) is 7.75. The molecule has 2 heterocycles. The average molecular weight is 425 g/mol. The third-order valence-electron chi connectivity index (χ3n) is 5.24. The summed E-state index contributed by atoms with van der Waals surface area (Å²) in [5.41, 5.74) is -0.0955. The first-order valence-corrected chi connectivity index (χ1v) is 9.40. The molecule has 0 N–H and O–H groups in total. The zero-order valence-electron chi connectivity index (χ0n) is 16.6. The fraction of sp³-hybridized carbons (Fsp3) is 0.450. The second kappa shape index (κ2) is 9.84. The van der Waals surface area contributed by atoms with E-state index in [1.807, 2.05) is 4.90 Å². The summed E-state index contributed by atoms with van der Waals surface area (Å²) in [5, 5.41) is 0. The van der Waals surface area contributed by atoms with Gasteiger partial charge in [0.25, 0.3) is 5.56 Å². The van der Waals surface area contributed by atoms with Gasteiger partial charge in [0.15, 0.2) is 5.78 Å². The molecule has 29 heavy (non-hydrogen) atoms. The molecular weight excluding hydrogens is 399 g/mol. The lowest BCUT2D eigenvalue weighted by molar-refractivity contribution is 0.0974. The highest BCUT2D eigenvalue weighted by Gasteiger charge is 2.20. The van der Waals surface area contributed by atoms with Crippen molar-refractivity contribution in [3.8, 4) is 0 Å². The van der Waals surface area contributed by atoms with Crippen molar-refractivity contribution in [3.05, 3.63) is 62.6 Å². The molecule has 3 rings (SSSR count). The van der Waals surface area contributed by atoms with Gasteiger partial charge in [-0.15, -0.1) is 12.4 Å². The van der Waals surface area contributed by atoms with Gasteiger partial charge in [-0.2, -0.15) is 0 Å². The van der Waals surface area contributed by atoms with Crippen LogP contribution in [0.1, 0.15) is 23.2 Å². The smallest absolute Gasteiger partial charge is 0.332 e. The zero-order valence-corrected chi connectivity index (χ0v) is 17.5. The maximum atomic E-state index is 12.9. The minimum atomic E-state index is -0.344. The lowest BCUT2D eigenvalue weighted by Gasteiger charge is -2.36. The highest BCUT2D eigenvalue weighted by molar-refractivity contribution is 5.95. The number of carbonyl (C=O) groups is 1. The minimum Gasteiger partial charge on any atom is -0.355 e. The van der Waals surface area contributed by atoms with Crippen molar-refractivity contribution in [1.29, 1.82) is 0 Å². The minimum absolute atomic E-state index is 0. The van der Waals surface area contributed by atoms with E-state index < -0.39 is 0 Å². The summed E-state index contributed by atoms with van der Waals surface area (Å²) in [7, 11) is 3.14. The maximum Gasteiger partial charge on any atom is 0.332 e. The molecule has 0 aliphatic carbocycles. The summed E-state index contributed by atoms with van der Waals surface area (Å²) in [6.45, 7) is 3.83. The number of aromatic nitrogens is 2. The summed E-state index contributed by atoms with van der Waals surface area (Å²) < 4.78 is 15.5. The molecule has 1 fully saturated rings. The maximum absolute atomic E-state index is 12.9. The quantitative estimate of drug-likeness (QED) is 0.656. The average Bonchev–Trinajstić information content (AvgIpc) is 2.70. The number of piperazine rings is 1. The van der Waals surface area contributed by atoms with Crippen LogP contribution in [0.2, 0.25) is 0 Å². The Morgan fingerprint density at radius 1 is 1.00 bits per heavy atom. The van der Waals surface area contributed by atoms with Crippen molar-refractivity contribution < 1.29 is 9.18 Å². The van der Waals surface area contributed by atoms with Crippen molar-refractivity contribution in [3.63, 3.8) is 0 Å². The van der Waals surface area contributed by atoms with E-state index in [9.17, 15) is 18.8 Å². The predicted molar refractivity (Wildman–Crippen MR) is 113 cm³/mol. The van der Waals surface area contributed by atoms with Gasteiger partial charge in [0.1, 0.15) is 11.6 Å². The Balaban J connectivity index is 0.00000300. The number of halogens is 2. The number of nitrogens with zero attached hydrogens (tertiary/aromatic N) is 4. The Bertz CT molecular complexity index is 963. The van der Waals surface area contributed by atoms with Crippen LogP contribution in [0.25, 0.3) is 0 Å². The van der Waals surface area contributed by atoms with Gasteiger partial charge < -0.3 is 4.90 Å². The first-order chi connectivity index (χ1) is 13.4. The van der Waals surface area contributed by atoms with E-state index in [2.05, 4.69) is 4.90 Å². The van der Waals surface area contributed by atoms with E-state index in [4.69, 9.17) is 0 Å². The Morgan fingerprint density at radius 2 is 1.62 bits per heavy atom. The lowest BCUT2D eigenvalue weighted by atomic mass is 10.1. The van der Waals surface area contributed by atoms with Crippen LogP contribution >= 0.6 is 12.4 Å². The number of benzene rings is 1. The molecule has 7 nitrogen and oxygen atoms in total. The third-order valence-corrected chi connectivity index (χ3v) is 5.24. The van der Waals surface area contributed by atoms with Crippen LogP contribution in [0.4, 0.5) is 10.2 Å². The third kappa shape index (κ3) is 5.33. The van der Waals surface area contributed by atoms with Crippen LogP contribution in [-0.2, 0) is 14.1 Å². The van der Waals surface area contributed by atoms with Gasteiger partial charge in [0.05, 0.1) is 0 Å². The number of ketones is 1. The highest BCUT2D eigenvalue weighted by Crippen LogP contribution is 2.13. The fourth-order valence-electron chi connectivity index (χ4n) is 3.47. The second-order valence-corrected chi connectivity index (χ2v) is 7.10. The van der Waals surface area contributed by atoms with Gasteiger partial charge in [0.2, 0.25) is 0 Å². The first kappa shape index (κ1) is 22.8. The van der Waals surface area contributed by atoms with Gasteiger partial charge in [-0.3, -0.25) is 23.6 Å². The fourth-order valence-corrected chi connectivity index (χ4v) is 3.47. The second-order valence-electron chi connectivity index (χ2n) is 7.10. The summed E-state index contributed by atoms with van der Waals surface area (Å²) in [6.07, 6.45) is 1.16. The van der Waals surface area contributed by atoms with E-state index in [1.54, 1.807) is 7.05 Å². The SMILES string of the molecule is Cl.Cn1c(N2CCN(CCCC(=O)c3ccc(F)cc3)CC2)cc(=O)n(C)c1=O. The molecule has 0 spiro atoms. The first-order valence-electron chi connectivity index (χ1n) is 9.40. The number of Topliss-reactive ketones (excluding diaryl/α,β-unsaturated/α-hetero) is 1. The molecule has 1 aliphatic heterocycles. The standard InChI is InChI=1S/C20H25FN4O3.ClH/c1-22-18(14-19(27)23(2)20(22)28)25-12-10-24(11-13-25)9-3-4-17(26)15-5-7-16(21)8-6-15;/h5-8,14H,3-4,9-13H2,1-2H3;1H. The molecule has 1 aliphatic rings. The zero-order chi connectivity index (χ0) is 20.3. The molecule has 158 valence electrons. The van der Waals surface area contributed by atoms with Crippen molar-refractivity contribution in [2.24, 2.45) is 14.1 Å². The van der Waals surface area contributed by atoms with Crippen molar-refractivity contribution in [2.75, 3.05) is 37.6 Å². The van der Waals surface area contributed by atoms with E-state index in [-0.39, 0.29) is 35.3 Å². The normalized spacial score (nSPS) is 14.5. The van der Waals surface area contributed by atoms with Gasteiger partial charge in [-0.25, -0.2) is 9.18 Å². The van der Waals surface area contributed by atoms with Crippen molar-refractivity contribution >= 4 is 24.0 Å². The van der Waals surface area contributed by atoms with Crippen molar-refractivity contribution in [2.45, 2.75) is 12.8 Å². The molecule has 0 radical (unpaired) electrons. The van der Waals surface area contributed by atoms with Gasteiger partial charge in [-0.05, 0) is 37.2 Å². The Morgan fingerprint density at radius 3 is 2.24 bits per heavy atom. The van der Waals surface area contributed by atoms with Gasteiger partial charge in [0, 0.05) is 58.3 Å². The topological polar surface area (TPSA) is 67.5 Å². The number of hydrogen-bond donors (Lipinski definition) is 0. The molecule has 9 heteroatoms. The van der Waals surface area contributed by atoms with Crippen LogP contribution < -0.4 is 16.1 Å². The van der Waals surface area contributed by atoms with E-state index >= 15 is 0 Å². The lowest BCUT2D eigenvalue weighted by Crippen LogP contribution is -2.49. The molecule has 2 aromatic rings. The number of hydrogen-bond acceptors (Lipinski definition) is 5. The molecule has 0 saturated carbocycles. The van der Waals surface area contributed by atoms with Crippen LogP contribution in [-0.4, -0.2) is 52.5 Å². The van der Waals surface area contributed by atoms with Gasteiger partial charge in [-0.1, -0.05) is 0 Å². The molecular formula is C20H26ClFN4O3. The van der Waals surface area contributed by atoms with E-state index in [0.29, 0.717) is 30.9 Å². The molecule has 1 aromatic carbocycles. The van der Waals surface area contributed by atoms with E-state index in [1.165, 1.54) is 41.9 Å². The summed E-state index contributed by atoms with van der Waals surface area (Å²) in [6, 6.07) is 7.14.